The van der Waals surface area contributed by atoms with Gasteiger partial charge in [-0.15, -0.1) is 0 Å². The summed E-state index contributed by atoms with van der Waals surface area (Å²) in [4.78, 5) is 36.9. The number of hydrogen-bond acceptors (Lipinski definition) is 4. The summed E-state index contributed by atoms with van der Waals surface area (Å²) < 4.78 is 0. The van der Waals surface area contributed by atoms with Crippen molar-refractivity contribution >= 4 is 28.7 Å². The minimum absolute atomic E-state index is 0.0253. The Kier molecular flexibility index (Phi) is 3.94. The summed E-state index contributed by atoms with van der Waals surface area (Å²) in [5.74, 6) is 0.328. The Balaban J connectivity index is 1.91. The van der Waals surface area contributed by atoms with Crippen molar-refractivity contribution in [1.82, 2.24) is 10.2 Å². The smallest absolute Gasteiger partial charge is 0.226 e. The highest BCUT2D eigenvalue weighted by atomic mass is 32.2. The first-order valence-corrected chi connectivity index (χ1v) is 7.24. The standard InChI is InChI=1S/C12H18N2O3S/c1-7(2)14-6-8(5-10(14)15)11(16)13-9-3-4-18-12(9)17/h7-9H,3-6H2,1-2H3,(H,13,16)/t8-,9+/m1/s1. The van der Waals surface area contributed by atoms with Gasteiger partial charge in [-0.05, 0) is 20.3 Å². The summed E-state index contributed by atoms with van der Waals surface area (Å²) in [5.41, 5.74) is 0. The predicted molar refractivity (Wildman–Crippen MR) is 69.0 cm³/mol. The highest BCUT2D eigenvalue weighted by Gasteiger charge is 2.37. The molecule has 0 bridgehead atoms. The van der Waals surface area contributed by atoms with Crippen LogP contribution in [0.15, 0.2) is 0 Å². The van der Waals surface area contributed by atoms with Crippen molar-refractivity contribution in [2.45, 2.75) is 38.8 Å². The van der Waals surface area contributed by atoms with Crippen LogP contribution in [0, 0.1) is 5.92 Å². The first kappa shape index (κ1) is 13.4. The Bertz CT molecular complexity index is 384. The molecule has 2 atom stereocenters. The van der Waals surface area contributed by atoms with Gasteiger partial charge in [-0.1, -0.05) is 11.8 Å². The molecule has 100 valence electrons. The fourth-order valence-corrected chi connectivity index (χ4v) is 3.26. The van der Waals surface area contributed by atoms with Crippen LogP contribution >= 0.6 is 11.8 Å². The maximum atomic E-state index is 12.0. The van der Waals surface area contributed by atoms with Crippen molar-refractivity contribution in [2.75, 3.05) is 12.3 Å². The van der Waals surface area contributed by atoms with Crippen LogP contribution in [0.5, 0.6) is 0 Å². The SMILES string of the molecule is CC(C)N1C[C@H](C(=O)N[C@H]2CCSC2=O)CC1=O. The first-order chi connectivity index (χ1) is 8.49. The second-order valence-electron chi connectivity index (χ2n) is 5.06. The molecule has 0 aromatic heterocycles. The number of hydrogen-bond donors (Lipinski definition) is 1. The van der Waals surface area contributed by atoms with Gasteiger partial charge in [0.05, 0.1) is 12.0 Å². The molecule has 0 aliphatic carbocycles. The second kappa shape index (κ2) is 5.30. The van der Waals surface area contributed by atoms with Gasteiger partial charge in [0.15, 0.2) is 0 Å². The monoisotopic (exact) mass is 270 g/mol. The summed E-state index contributed by atoms with van der Waals surface area (Å²) in [5, 5.41) is 2.80. The quantitative estimate of drug-likeness (QED) is 0.805. The Labute approximate surface area is 111 Å². The van der Waals surface area contributed by atoms with Gasteiger partial charge < -0.3 is 10.2 Å². The van der Waals surface area contributed by atoms with E-state index in [2.05, 4.69) is 5.32 Å². The third-order valence-corrected chi connectivity index (χ3v) is 4.41. The third kappa shape index (κ3) is 2.68. The molecular weight excluding hydrogens is 252 g/mol. The molecule has 0 aromatic rings. The van der Waals surface area contributed by atoms with E-state index >= 15 is 0 Å². The molecule has 2 aliphatic rings. The van der Waals surface area contributed by atoms with E-state index in [0.717, 1.165) is 5.75 Å². The molecule has 0 aromatic carbocycles. The predicted octanol–water partition coefficient (Wildman–Crippen LogP) is 0.392. The van der Waals surface area contributed by atoms with E-state index in [0.29, 0.717) is 13.0 Å². The Morgan fingerprint density at radius 1 is 1.44 bits per heavy atom. The molecule has 2 heterocycles. The van der Waals surface area contributed by atoms with Crippen LogP contribution in [0.25, 0.3) is 0 Å². The van der Waals surface area contributed by atoms with Crippen molar-refractivity contribution in [2.24, 2.45) is 5.92 Å². The van der Waals surface area contributed by atoms with E-state index in [1.165, 1.54) is 11.8 Å². The molecule has 1 N–H and O–H groups in total. The molecule has 2 amide bonds. The maximum Gasteiger partial charge on any atom is 0.226 e. The molecule has 0 unspecified atom stereocenters. The molecule has 18 heavy (non-hydrogen) atoms. The number of rotatable bonds is 3. The fourth-order valence-electron chi connectivity index (χ4n) is 2.32. The second-order valence-corrected chi connectivity index (χ2v) is 6.16. The highest BCUT2D eigenvalue weighted by Crippen LogP contribution is 2.23. The van der Waals surface area contributed by atoms with E-state index in [4.69, 9.17) is 0 Å². The normalized spacial score (nSPS) is 28.3. The first-order valence-electron chi connectivity index (χ1n) is 6.25. The van der Waals surface area contributed by atoms with Gasteiger partial charge in [0.1, 0.15) is 0 Å². The minimum atomic E-state index is -0.356. The summed E-state index contributed by atoms with van der Waals surface area (Å²) in [7, 11) is 0. The maximum absolute atomic E-state index is 12.0. The zero-order valence-electron chi connectivity index (χ0n) is 10.6. The van der Waals surface area contributed by atoms with Crippen molar-refractivity contribution in [3.8, 4) is 0 Å². The number of nitrogens with one attached hydrogen (secondary N) is 1. The summed E-state index contributed by atoms with van der Waals surface area (Å²) in [6.45, 7) is 4.35. The van der Waals surface area contributed by atoms with Crippen molar-refractivity contribution in [1.29, 1.82) is 0 Å². The summed E-state index contributed by atoms with van der Waals surface area (Å²) in [6.07, 6.45) is 0.960. The van der Waals surface area contributed by atoms with Gasteiger partial charge in [0, 0.05) is 24.8 Å². The molecule has 2 rings (SSSR count). The molecule has 5 nitrogen and oxygen atoms in total. The highest BCUT2D eigenvalue weighted by molar-refractivity contribution is 8.14. The molecule has 2 aliphatic heterocycles. The molecule has 0 saturated carbocycles. The third-order valence-electron chi connectivity index (χ3n) is 3.40. The molecule has 2 saturated heterocycles. The van der Waals surface area contributed by atoms with Crippen LogP contribution in [0.2, 0.25) is 0 Å². The fraction of sp³-hybridized carbons (Fsp3) is 0.750. The molecular formula is C12H18N2O3S. The van der Waals surface area contributed by atoms with Crippen molar-refractivity contribution in [3.63, 3.8) is 0 Å². The van der Waals surface area contributed by atoms with E-state index in [1.807, 2.05) is 13.8 Å². The van der Waals surface area contributed by atoms with E-state index < -0.39 is 0 Å². The van der Waals surface area contributed by atoms with E-state index in [1.54, 1.807) is 4.90 Å². The lowest BCUT2D eigenvalue weighted by atomic mass is 10.1. The Morgan fingerprint density at radius 3 is 2.67 bits per heavy atom. The van der Waals surface area contributed by atoms with Crippen LogP contribution in [-0.2, 0) is 14.4 Å². The molecule has 0 spiro atoms. The zero-order chi connectivity index (χ0) is 13.3. The summed E-state index contributed by atoms with van der Waals surface area (Å²) >= 11 is 1.26. The van der Waals surface area contributed by atoms with Gasteiger partial charge in [0.25, 0.3) is 0 Å². The molecule has 2 fully saturated rings. The van der Waals surface area contributed by atoms with Gasteiger partial charge >= 0.3 is 0 Å². The van der Waals surface area contributed by atoms with Crippen LogP contribution in [0.1, 0.15) is 26.7 Å². The number of thioether (sulfide) groups is 1. The van der Waals surface area contributed by atoms with Gasteiger partial charge in [0.2, 0.25) is 16.9 Å². The van der Waals surface area contributed by atoms with Crippen LogP contribution < -0.4 is 5.32 Å². The van der Waals surface area contributed by atoms with Crippen LogP contribution in [0.4, 0.5) is 0 Å². The van der Waals surface area contributed by atoms with Crippen LogP contribution in [0.3, 0.4) is 0 Å². The van der Waals surface area contributed by atoms with Crippen LogP contribution in [-0.4, -0.2) is 46.2 Å². The Hall–Kier alpha value is -1.04. The number of amides is 2. The number of nitrogens with zero attached hydrogens (tertiary/aromatic N) is 1. The van der Waals surface area contributed by atoms with Gasteiger partial charge in [-0.25, -0.2) is 0 Å². The number of likely N-dealkylation sites (tertiary alicyclic amines) is 1. The van der Waals surface area contributed by atoms with Gasteiger partial charge in [-0.2, -0.15) is 0 Å². The molecule has 6 heteroatoms. The zero-order valence-corrected chi connectivity index (χ0v) is 11.5. The Morgan fingerprint density at radius 2 is 2.17 bits per heavy atom. The lowest BCUT2D eigenvalue weighted by Gasteiger charge is -2.21. The topological polar surface area (TPSA) is 66.5 Å². The van der Waals surface area contributed by atoms with Gasteiger partial charge in [-0.3, -0.25) is 14.4 Å². The lowest BCUT2D eigenvalue weighted by Crippen LogP contribution is -2.42. The number of carbonyl (C=O) groups excluding carboxylic acids is 3. The average Bonchev–Trinajstić information content (AvgIpc) is 2.86. The van der Waals surface area contributed by atoms with E-state index in [9.17, 15) is 14.4 Å². The number of carbonyl (C=O) groups is 3. The summed E-state index contributed by atoms with van der Waals surface area (Å²) in [6, 6.07) is -0.232. The van der Waals surface area contributed by atoms with Crippen molar-refractivity contribution in [3.05, 3.63) is 0 Å². The largest absolute Gasteiger partial charge is 0.345 e. The lowest BCUT2D eigenvalue weighted by molar-refractivity contribution is -0.130. The average molecular weight is 270 g/mol. The van der Waals surface area contributed by atoms with E-state index in [-0.39, 0.29) is 41.4 Å². The van der Waals surface area contributed by atoms with Crippen molar-refractivity contribution < 1.29 is 14.4 Å². The molecule has 0 radical (unpaired) electrons. The minimum Gasteiger partial charge on any atom is -0.345 e.